The van der Waals surface area contributed by atoms with E-state index in [4.69, 9.17) is 9.47 Å². The SMILES string of the molecule is COc1ccc([Si](C)(C)[C@H]2[C@H](CCn3cc(CCO)nn3)O[C@@]3(C(=O)N(Cc4cccc(N5CCCC5=O)c4)c4ccc(Br)cc43)[C@@H]2C)cc1. The number of fused-ring (bicyclic) bond motifs is 2. The maximum absolute atomic E-state index is 15.2. The van der Waals surface area contributed by atoms with Crippen molar-refractivity contribution in [2.75, 3.05) is 30.1 Å². The number of aliphatic hydroxyl groups excluding tert-OH is 1. The number of nitrogens with zero attached hydrogens (tertiary/aromatic N) is 5. The first-order chi connectivity index (χ1) is 24.1. The lowest BCUT2D eigenvalue weighted by molar-refractivity contribution is -0.146. The van der Waals surface area contributed by atoms with E-state index in [0.717, 1.165) is 44.8 Å². The first-order valence-electron chi connectivity index (χ1n) is 17.4. The van der Waals surface area contributed by atoms with Gasteiger partial charge in [0.15, 0.2) is 5.60 Å². The number of hydrogen-bond acceptors (Lipinski definition) is 7. The second-order valence-electron chi connectivity index (χ2n) is 14.3. The van der Waals surface area contributed by atoms with E-state index in [1.54, 1.807) is 7.11 Å². The van der Waals surface area contributed by atoms with E-state index in [1.165, 1.54) is 5.19 Å². The van der Waals surface area contributed by atoms with Gasteiger partial charge in [-0.3, -0.25) is 14.3 Å². The minimum atomic E-state index is -2.32. The molecule has 0 unspecified atom stereocenters. The third-order valence-electron chi connectivity index (χ3n) is 11.0. The second kappa shape index (κ2) is 13.7. The van der Waals surface area contributed by atoms with Crippen molar-refractivity contribution in [2.45, 2.75) is 76.0 Å². The van der Waals surface area contributed by atoms with E-state index in [1.807, 2.05) is 69.2 Å². The van der Waals surface area contributed by atoms with Crippen LogP contribution in [-0.2, 0) is 39.4 Å². The lowest BCUT2D eigenvalue weighted by Crippen LogP contribution is -2.51. The Morgan fingerprint density at radius 1 is 1.10 bits per heavy atom. The van der Waals surface area contributed by atoms with Gasteiger partial charge >= 0.3 is 0 Å². The highest BCUT2D eigenvalue weighted by Crippen LogP contribution is 2.60. The van der Waals surface area contributed by atoms with Crippen molar-refractivity contribution < 1.29 is 24.2 Å². The molecule has 3 aliphatic rings. The zero-order chi connectivity index (χ0) is 35.2. The largest absolute Gasteiger partial charge is 0.497 e. The fourth-order valence-electron chi connectivity index (χ4n) is 8.58. The molecule has 50 heavy (non-hydrogen) atoms. The van der Waals surface area contributed by atoms with Crippen molar-refractivity contribution in [3.05, 3.63) is 94.2 Å². The summed E-state index contributed by atoms with van der Waals surface area (Å²) in [6.07, 6.45) is 4.16. The minimum Gasteiger partial charge on any atom is -0.497 e. The van der Waals surface area contributed by atoms with Gasteiger partial charge in [-0.2, -0.15) is 0 Å². The van der Waals surface area contributed by atoms with E-state index < -0.39 is 13.7 Å². The number of ether oxygens (including phenoxy) is 2. The molecule has 4 atom stereocenters. The Kier molecular flexibility index (Phi) is 9.48. The number of aryl methyl sites for hydroxylation is 1. The van der Waals surface area contributed by atoms with Crippen LogP contribution in [0.25, 0.3) is 0 Å². The van der Waals surface area contributed by atoms with Crippen LogP contribution in [0.5, 0.6) is 5.75 Å². The monoisotopic (exact) mass is 757 g/mol. The molecule has 3 aromatic carbocycles. The van der Waals surface area contributed by atoms with Crippen LogP contribution in [0.1, 0.15) is 43.0 Å². The average molecular weight is 759 g/mol. The molecule has 0 bridgehead atoms. The fraction of sp³-hybridized carbons (Fsp3) is 0.421. The highest BCUT2D eigenvalue weighted by atomic mass is 79.9. The first-order valence-corrected chi connectivity index (χ1v) is 21.3. The van der Waals surface area contributed by atoms with E-state index in [-0.39, 0.29) is 36.0 Å². The molecular weight excluding hydrogens is 714 g/mol. The molecule has 12 heteroatoms. The number of carbonyl (C=O) groups excluding carboxylic acids is 2. The molecule has 1 aromatic heterocycles. The summed E-state index contributed by atoms with van der Waals surface area (Å²) in [6.45, 7) is 8.62. The summed E-state index contributed by atoms with van der Waals surface area (Å²) in [7, 11) is -0.640. The van der Waals surface area contributed by atoms with Crippen molar-refractivity contribution >= 4 is 52.4 Å². The van der Waals surface area contributed by atoms with Gasteiger partial charge in [0.05, 0.1) is 39.2 Å². The molecular formula is C38H44BrN5O5Si. The predicted octanol–water partition coefficient (Wildman–Crippen LogP) is 5.56. The lowest BCUT2D eigenvalue weighted by Gasteiger charge is -2.37. The second-order valence-corrected chi connectivity index (χ2v) is 19.9. The number of methoxy groups -OCH3 is 1. The molecule has 1 N–H and O–H groups in total. The summed E-state index contributed by atoms with van der Waals surface area (Å²) in [5.74, 6) is 0.749. The average Bonchev–Trinajstić information content (AvgIpc) is 3.87. The Hall–Kier alpha value is -3.84. The molecule has 1 spiro atoms. The van der Waals surface area contributed by atoms with Crippen LogP contribution in [0, 0.1) is 5.92 Å². The Morgan fingerprint density at radius 3 is 2.62 bits per heavy atom. The number of amides is 2. The molecule has 0 radical (unpaired) electrons. The standard InChI is InChI=1S/C38H44BrN5O5Si/c1-25-36(50(3,4)31-13-11-30(48-2)12-14-31)34(16-19-42-24-28(17-20-45)40-41-42)49-38(25)32-22-27(39)10-15-33(32)44(37(38)47)23-26-7-5-8-29(21-26)43-18-6-9-35(43)46/h5,7-8,10-15,21-22,24-25,34,36,45H,6,9,16-20,23H2,1-4H3/t25-,34+,36-,38+/m1/s1. The summed E-state index contributed by atoms with van der Waals surface area (Å²) >= 11 is 3.71. The molecule has 4 heterocycles. The molecule has 3 aliphatic heterocycles. The summed E-state index contributed by atoms with van der Waals surface area (Å²) in [5, 5.41) is 19.2. The van der Waals surface area contributed by atoms with Crippen LogP contribution in [0.3, 0.4) is 0 Å². The van der Waals surface area contributed by atoms with Crippen LogP contribution in [0.4, 0.5) is 11.4 Å². The third-order valence-corrected chi connectivity index (χ3v) is 15.9. The molecule has 0 saturated carbocycles. The van der Waals surface area contributed by atoms with E-state index in [0.29, 0.717) is 38.9 Å². The molecule has 10 nitrogen and oxygen atoms in total. The zero-order valence-electron chi connectivity index (χ0n) is 29.0. The molecule has 2 fully saturated rings. The minimum absolute atomic E-state index is 0.0163. The quantitative estimate of drug-likeness (QED) is 0.200. The number of rotatable bonds is 11. The number of aliphatic hydroxyl groups is 1. The number of carbonyl (C=O) groups is 2. The highest BCUT2D eigenvalue weighted by molar-refractivity contribution is 9.10. The lowest BCUT2D eigenvalue weighted by atomic mass is 9.82. The number of hydrogen-bond donors (Lipinski definition) is 1. The van der Waals surface area contributed by atoms with Crippen LogP contribution in [0.15, 0.2) is 77.4 Å². The van der Waals surface area contributed by atoms with Crippen molar-refractivity contribution in [1.29, 1.82) is 0 Å². The number of benzene rings is 3. The molecule has 2 amide bonds. The van der Waals surface area contributed by atoms with Gasteiger partial charge in [-0.05, 0) is 66.4 Å². The highest BCUT2D eigenvalue weighted by Gasteiger charge is 2.66. The van der Waals surface area contributed by atoms with Crippen molar-refractivity contribution in [3.63, 3.8) is 0 Å². The van der Waals surface area contributed by atoms with E-state index in [9.17, 15) is 9.90 Å². The van der Waals surface area contributed by atoms with Crippen molar-refractivity contribution in [3.8, 4) is 5.75 Å². The summed E-state index contributed by atoms with van der Waals surface area (Å²) in [6, 6.07) is 22.4. The van der Waals surface area contributed by atoms with Crippen molar-refractivity contribution in [2.24, 2.45) is 5.92 Å². The van der Waals surface area contributed by atoms with Crippen LogP contribution in [-0.4, -0.2) is 66.4 Å². The van der Waals surface area contributed by atoms with Gasteiger partial charge in [0.25, 0.3) is 5.91 Å². The smallest absolute Gasteiger partial charge is 0.264 e. The van der Waals surface area contributed by atoms with E-state index >= 15 is 4.79 Å². The van der Waals surface area contributed by atoms with Gasteiger partial charge < -0.3 is 24.4 Å². The van der Waals surface area contributed by atoms with Gasteiger partial charge in [0.2, 0.25) is 5.91 Å². The summed E-state index contributed by atoms with van der Waals surface area (Å²) < 4.78 is 15.5. The van der Waals surface area contributed by atoms with Crippen LogP contribution >= 0.6 is 15.9 Å². The predicted molar refractivity (Wildman–Crippen MR) is 198 cm³/mol. The summed E-state index contributed by atoms with van der Waals surface area (Å²) in [4.78, 5) is 31.4. The van der Waals surface area contributed by atoms with Crippen molar-refractivity contribution in [1.82, 2.24) is 15.0 Å². The Morgan fingerprint density at radius 2 is 1.90 bits per heavy atom. The number of aromatic nitrogens is 3. The Bertz CT molecular complexity index is 1900. The molecule has 262 valence electrons. The molecule has 4 aromatic rings. The Balaban J connectivity index is 1.27. The van der Waals surface area contributed by atoms with Gasteiger partial charge in [-0.1, -0.05) is 70.6 Å². The maximum atomic E-state index is 15.2. The number of halogens is 1. The normalized spacial score (nSPS) is 23.4. The topological polar surface area (TPSA) is 110 Å². The first kappa shape index (κ1) is 34.6. The third kappa shape index (κ3) is 5.99. The van der Waals surface area contributed by atoms with Gasteiger partial charge in [0.1, 0.15) is 5.75 Å². The van der Waals surface area contributed by atoms with Gasteiger partial charge in [-0.15, -0.1) is 5.10 Å². The van der Waals surface area contributed by atoms with Gasteiger partial charge in [-0.25, -0.2) is 0 Å². The molecule has 7 rings (SSSR count). The maximum Gasteiger partial charge on any atom is 0.264 e. The molecule has 2 saturated heterocycles. The number of anilines is 2. The molecule has 0 aliphatic carbocycles. The summed E-state index contributed by atoms with van der Waals surface area (Å²) in [5.41, 5.74) is 3.20. The van der Waals surface area contributed by atoms with Crippen LogP contribution < -0.4 is 19.7 Å². The zero-order valence-corrected chi connectivity index (χ0v) is 31.6. The fourth-order valence-corrected chi connectivity index (χ4v) is 13.0. The van der Waals surface area contributed by atoms with Gasteiger partial charge in [0, 0.05) is 60.4 Å². The Labute approximate surface area is 302 Å². The van der Waals surface area contributed by atoms with E-state index in [2.05, 4.69) is 64.5 Å². The van der Waals surface area contributed by atoms with Crippen LogP contribution in [0.2, 0.25) is 18.6 Å².